The minimum absolute atomic E-state index is 0.442. The molecule has 2 rings (SSSR count). The molecule has 0 saturated heterocycles. The average molecular weight is 209 g/mol. The summed E-state index contributed by atoms with van der Waals surface area (Å²) in [5.41, 5.74) is 2.75. The summed E-state index contributed by atoms with van der Waals surface area (Å²) in [7, 11) is 0. The second-order valence-electron chi connectivity index (χ2n) is 2.92. The van der Waals surface area contributed by atoms with Crippen molar-refractivity contribution in [3.05, 3.63) is 29.8 Å². The van der Waals surface area contributed by atoms with Crippen LogP contribution in [0.4, 0.5) is 0 Å². The van der Waals surface area contributed by atoms with Gasteiger partial charge in [-0.2, -0.15) is 5.10 Å². The Morgan fingerprint density at radius 3 is 2.86 bits per heavy atom. The Hall–Kier alpha value is -1.42. The zero-order chi connectivity index (χ0) is 9.97. The van der Waals surface area contributed by atoms with Crippen molar-refractivity contribution in [1.29, 1.82) is 0 Å². The molecule has 2 aromatic rings. The highest BCUT2D eigenvalue weighted by Crippen LogP contribution is 2.14. The molecule has 5 heteroatoms. The fourth-order valence-electron chi connectivity index (χ4n) is 1.14. The Kier molecular flexibility index (Phi) is 2.45. The molecular weight excluding hydrogens is 200 g/mol. The summed E-state index contributed by atoms with van der Waals surface area (Å²) in [6.07, 6.45) is 5.20. The molecule has 0 spiro atoms. The molecule has 0 amide bonds. The standard InChI is InChI=1S/C9H9ClN4/c1-6-7(2-10)3-11-9(14-6)8-4-12-13-5-8/h3-5H,2H2,1H3,(H,12,13). The van der Waals surface area contributed by atoms with E-state index in [1.165, 1.54) is 0 Å². The number of aryl methyl sites for hydroxylation is 1. The van der Waals surface area contributed by atoms with Crippen LogP contribution in [0.2, 0.25) is 0 Å². The Bertz CT molecular complexity index is 424. The molecule has 0 saturated carbocycles. The number of hydrogen-bond acceptors (Lipinski definition) is 3. The molecule has 0 unspecified atom stereocenters. The van der Waals surface area contributed by atoms with E-state index in [2.05, 4.69) is 20.2 Å². The maximum Gasteiger partial charge on any atom is 0.162 e. The van der Waals surface area contributed by atoms with Gasteiger partial charge in [0.05, 0.1) is 17.6 Å². The summed E-state index contributed by atoms with van der Waals surface area (Å²) < 4.78 is 0. The Morgan fingerprint density at radius 1 is 1.43 bits per heavy atom. The summed E-state index contributed by atoms with van der Waals surface area (Å²) in [5.74, 6) is 1.11. The predicted molar refractivity (Wildman–Crippen MR) is 53.9 cm³/mol. The van der Waals surface area contributed by atoms with Crippen LogP contribution in [0, 0.1) is 6.92 Å². The summed E-state index contributed by atoms with van der Waals surface area (Å²) in [5, 5.41) is 6.56. The molecule has 72 valence electrons. The maximum atomic E-state index is 5.71. The smallest absolute Gasteiger partial charge is 0.162 e. The van der Waals surface area contributed by atoms with Crippen LogP contribution in [0.3, 0.4) is 0 Å². The van der Waals surface area contributed by atoms with Crippen LogP contribution in [-0.2, 0) is 5.88 Å². The summed E-state index contributed by atoms with van der Waals surface area (Å²) in [6.45, 7) is 1.92. The first-order chi connectivity index (χ1) is 6.81. The van der Waals surface area contributed by atoms with Gasteiger partial charge in [0.1, 0.15) is 0 Å². The van der Waals surface area contributed by atoms with Crippen LogP contribution in [0.5, 0.6) is 0 Å². The van der Waals surface area contributed by atoms with E-state index in [0.717, 1.165) is 16.8 Å². The zero-order valence-electron chi connectivity index (χ0n) is 7.66. The van der Waals surface area contributed by atoms with E-state index in [9.17, 15) is 0 Å². The van der Waals surface area contributed by atoms with Gasteiger partial charge in [-0.25, -0.2) is 9.97 Å². The number of aromatic nitrogens is 4. The van der Waals surface area contributed by atoms with Gasteiger partial charge in [0.25, 0.3) is 0 Å². The topological polar surface area (TPSA) is 54.5 Å². The fraction of sp³-hybridized carbons (Fsp3) is 0.222. The Morgan fingerprint density at radius 2 is 2.29 bits per heavy atom. The first-order valence-corrected chi connectivity index (χ1v) is 4.72. The van der Waals surface area contributed by atoms with Crippen molar-refractivity contribution in [2.75, 3.05) is 0 Å². The Balaban J connectivity index is 2.43. The third-order valence-corrected chi connectivity index (χ3v) is 2.27. The number of hydrogen-bond donors (Lipinski definition) is 1. The van der Waals surface area contributed by atoms with Crippen LogP contribution >= 0.6 is 11.6 Å². The molecule has 0 aliphatic heterocycles. The van der Waals surface area contributed by atoms with Crippen LogP contribution in [0.15, 0.2) is 18.6 Å². The number of halogens is 1. The predicted octanol–water partition coefficient (Wildman–Crippen LogP) is 1.91. The maximum absolute atomic E-state index is 5.71. The number of aromatic amines is 1. The second kappa shape index (κ2) is 3.75. The molecule has 0 atom stereocenters. The highest BCUT2D eigenvalue weighted by molar-refractivity contribution is 6.17. The monoisotopic (exact) mass is 208 g/mol. The molecule has 0 aromatic carbocycles. The molecule has 0 radical (unpaired) electrons. The van der Waals surface area contributed by atoms with Crippen LogP contribution < -0.4 is 0 Å². The number of nitrogens with zero attached hydrogens (tertiary/aromatic N) is 3. The quantitative estimate of drug-likeness (QED) is 0.768. The van der Waals surface area contributed by atoms with Crippen molar-refractivity contribution < 1.29 is 0 Å². The second-order valence-corrected chi connectivity index (χ2v) is 3.19. The summed E-state index contributed by atoms with van der Waals surface area (Å²) in [4.78, 5) is 8.53. The lowest BCUT2D eigenvalue weighted by Gasteiger charge is -2.01. The van der Waals surface area contributed by atoms with Gasteiger partial charge in [-0.1, -0.05) is 0 Å². The molecule has 0 aliphatic rings. The molecule has 0 bridgehead atoms. The van der Waals surface area contributed by atoms with Crippen molar-refractivity contribution in [3.63, 3.8) is 0 Å². The molecule has 1 N–H and O–H groups in total. The molecule has 0 fully saturated rings. The van der Waals surface area contributed by atoms with Gasteiger partial charge in [0.15, 0.2) is 5.82 Å². The summed E-state index contributed by atoms with van der Waals surface area (Å²) >= 11 is 5.71. The molecule has 0 aliphatic carbocycles. The van der Waals surface area contributed by atoms with E-state index >= 15 is 0 Å². The number of alkyl halides is 1. The van der Waals surface area contributed by atoms with Gasteiger partial charge in [0.2, 0.25) is 0 Å². The van der Waals surface area contributed by atoms with Gasteiger partial charge in [-0.05, 0) is 6.92 Å². The number of H-pyrrole nitrogens is 1. The minimum atomic E-state index is 0.442. The molecular formula is C9H9ClN4. The van der Waals surface area contributed by atoms with Crippen molar-refractivity contribution >= 4 is 11.6 Å². The number of nitrogens with one attached hydrogen (secondary N) is 1. The lowest BCUT2D eigenvalue weighted by molar-refractivity contribution is 1.06. The van der Waals surface area contributed by atoms with Crippen LogP contribution in [0.1, 0.15) is 11.3 Å². The highest BCUT2D eigenvalue weighted by Gasteiger charge is 2.05. The highest BCUT2D eigenvalue weighted by atomic mass is 35.5. The van der Waals surface area contributed by atoms with Crippen molar-refractivity contribution in [2.24, 2.45) is 0 Å². The Labute approximate surface area is 86.4 Å². The number of rotatable bonds is 2. The minimum Gasteiger partial charge on any atom is -0.285 e. The van der Waals surface area contributed by atoms with E-state index in [4.69, 9.17) is 11.6 Å². The lowest BCUT2D eigenvalue weighted by atomic mass is 10.2. The fourth-order valence-corrected chi connectivity index (χ4v) is 1.40. The van der Waals surface area contributed by atoms with Gasteiger partial charge >= 0.3 is 0 Å². The molecule has 14 heavy (non-hydrogen) atoms. The average Bonchev–Trinajstić information content (AvgIpc) is 2.70. The van der Waals surface area contributed by atoms with Crippen molar-refractivity contribution in [2.45, 2.75) is 12.8 Å². The van der Waals surface area contributed by atoms with E-state index in [0.29, 0.717) is 11.7 Å². The first kappa shape index (κ1) is 9.15. The zero-order valence-corrected chi connectivity index (χ0v) is 8.41. The van der Waals surface area contributed by atoms with Crippen molar-refractivity contribution in [3.8, 4) is 11.4 Å². The molecule has 4 nitrogen and oxygen atoms in total. The SMILES string of the molecule is Cc1nc(-c2cn[nH]c2)ncc1CCl. The first-order valence-electron chi connectivity index (χ1n) is 4.19. The van der Waals surface area contributed by atoms with E-state index < -0.39 is 0 Å². The van der Waals surface area contributed by atoms with Gasteiger partial charge < -0.3 is 0 Å². The molecule has 2 heterocycles. The third kappa shape index (κ3) is 1.61. The third-order valence-electron chi connectivity index (χ3n) is 1.98. The van der Waals surface area contributed by atoms with Crippen molar-refractivity contribution in [1.82, 2.24) is 20.2 Å². The molecule has 2 aromatic heterocycles. The van der Waals surface area contributed by atoms with Gasteiger partial charge in [0, 0.05) is 23.7 Å². The van der Waals surface area contributed by atoms with Crippen LogP contribution in [-0.4, -0.2) is 20.2 Å². The van der Waals surface area contributed by atoms with Crippen LogP contribution in [0.25, 0.3) is 11.4 Å². The summed E-state index contributed by atoms with van der Waals surface area (Å²) in [6, 6.07) is 0. The van der Waals surface area contributed by atoms with E-state index in [-0.39, 0.29) is 0 Å². The van der Waals surface area contributed by atoms with Gasteiger partial charge in [-0.15, -0.1) is 11.6 Å². The van der Waals surface area contributed by atoms with E-state index in [1.54, 1.807) is 18.6 Å². The largest absolute Gasteiger partial charge is 0.285 e. The lowest BCUT2D eigenvalue weighted by Crippen LogP contribution is -1.95. The van der Waals surface area contributed by atoms with E-state index in [1.807, 2.05) is 6.92 Å². The normalized spacial score (nSPS) is 10.4. The van der Waals surface area contributed by atoms with Gasteiger partial charge in [-0.3, -0.25) is 5.10 Å².